The van der Waals surface area contributed by atoms with Gasteiger partial charge in [-0.25, -0.2) is 8.42 Å². The van der Waals surface area contributed by atoms with Crippen LogP contribution in [0.5, 0.6) is 5.75 Å². The van der Waals surface area contributed by atoms with Gasteiger partial charge in [-0.1, -0.05) is 60.1 Å². The highest BCUT2D eigenvalue weighted by Crippen LogP contribution is 2.36. The van der Waals surface area contributed by atoms with E-state index in [2.05, 4.69) is 10.6 Å². The molecule has 11 nitrogen and oxygen atoms in total. The normalized spacial score (nSPS) is 11.0. The summed E-state index contributed by atoms with van der Waals surface area (Å²) in [4.78, 5) is 36.8. The van der Waals surface area contributed by atoms with Crippen LogP contribution in [0.25, 0.3) is 0 Å². The first-order valence-corrected chi connectivity index (χ1v) is 14.7. The lowest BCUT2D eigenvalue weighted by molar-refractivity contribution is -0.385. The molecule has 4 rings (SSSR count). The summed E-state index contributed by atoms with van der Waals surface area (Å²) in [6.07, 6.45) is 0. The second-order valence-electron chi connectivity index (χ2n) is 9.30. The first-order chi connectivity index (χ1) is 20.5. The molecule has 0 atom stereocenters. The Hall–Kier alpha value is -4.94. The van der Waals surface area contributed by atoms with Crippen molar-refractivity contribution in [3.8, 4) is 5.75 Å². The fourth-order valence-electron chi connectivity index (χ4n) is 4.21. The highest BCUT2D eigenvalue weighted by Gasteiger charge is 2.31. The van der Waals surface area contributed by atoms with Crippen molar-refractivity contribution in [2.45, 2.75) is 18.4 Å². The van der Waals surface area contributed by atoms with Crippen molar-refractivity contribution in [3.63, 3.8) is 0 Å². The van der Waals surface area contributed by atoms with E-state index in [1.54, 1.807) is 12.1 Å². The second kappa shape index (κ2) is 13.4. The highest BCUT2D eigenvalue weighted by molar-refractivity contribution is 7.92. The number of methoxy groups -OCH3 is 1. The first-order valence-electron chi connectivity index (χ1n) is 12.8. The van der Waals surface area contributed by atoms with E-state index in [9.17, 15) is 28.1 Å². The number of ether oxygens (including phenoxy) is 1. The molecule has 4 aromatic rings. The number of benzene rings is 4. The largest absolute Gasteiger partial charge is 0.495 e. The molecule has 0 aliphatic heterocycles. The molecule has 0 radical (unpaired) electrons. The van der Waals surface area contributed by atoms with Gasteiger partial charge < -0.3 is 15.4 Å². The van der Waals surface area contributed by atoms with E-state index in [1.165, 1.54) is 56.5 Å². The van der Waals surface area contributed by atoms with Gasteiger partial charge in [0.2, 0.25) is 5.91 Å². The molecular formula is C30H27ClN4O7S. The Balaban J connectivity index is 1.67. The number of carbonyl (C=O) groups excluding carboxylic acids is 2. The van der Waals surface area contributed by atoms with Gasteiger partial charge in [0, 0.05) is 23.2 Å². The number of sulfonamides is 1. The SMILES string of the molecule is COc1ccc(Cl)cc1N(CC(=O)Nc1ccccc1C(=O)NCc1ccccc1)S(=O)(=O)c1ccc(C)c([N+](=O)[O-])c1. The van der Waals surface area contributed by atoms with Crippen LogP contribution in [0.3, 0.4) is 0 Å². The number of nitrogens with one attached hydrogen (secondary N) is 2. The molecule has 222 valence electrons. The molecule has 0 spiro atoms. The van der Waals surface area contributed by atoms with Crippen molar-refractivity contribution < 1.29 is 27.7 Å². The van der Waals surface area contributed by atoms with E-state index in [0.717, 1.165) is 15.9 Å². The maximum absolute atomic E-state index is 13.9. The van der Waals surface area contributed by atoms with Crippen molar-refractivity contribution in [2.24, 2.45) is 0 Å². The molecule has 0 bridgehead atoms. The molecule has 0 unspecified atom stereocenters. The minimum absolute atomic E-state index is 0.0673. The number of nitro benzene ring substituents is 1. The van der Waals surface area contributed by atoms with Gasteiger partial charge in [0.15, 0.2) is 0 Å². The number of para-hydroxylation sites is 1. The van der Waals surface area contributed by atoms with E-state index >= 15 is 0 Å². The molecule has 4 aromatic carbocycles. The van der Waals surface area contributed by atoms with Gasteiger partial charge in [0.1, 0.15) is 12.3 Å². The van der Waals surface area contributed by atoms with Gasteiger partial charge in [-0.2, -0.15) is 0 Å². The van der Waals surface area contributed by atoms with Gasteiger partial charge in [-0.15, -0.1) is 0 Å². The lowest BCUT2D eigenvalue weighted by Crippen LogP contribution is -2.38. The summed E-state index contributed by atoms with van der Waals surface area (Å²) in [5, 5.41) is 17.1. The number of aryl methyl sites for hydroxylation is 1. The van der Waals surface area contributed by atoms with Crippen molar-refractivity contribution in [1.29, 1.82) is 0 Å². The third-order valence-electron chi connectivity index (χ3n) is 6.40. The number of hydrogen-bond acceptors (Lipinski definition) is 7. The lowest BCUT2D eigenvalue weighted by Gasteiger charge is -2.26. The van der Waals surface area contributed by atoms with Crippen molar-refractivity contribution in [3.05, 3.63) is 123 Å². The number of nitrogens with zero attached hydrogens (tertiary/aromatic N) is 2. The number of amides is 2. The number of hydrogen-bond donors (Lipinski definition) is 2. The summed E-state index contributed by atoms with van der Waals surface area (Å²) >= 11 is 6.19. The average Bonchev–Trinajstić information content (AvgIpc) is 2.99. The molecule has 2 amide bonds. The smallest absolute Gasteiger partial charge is 0.273 e. The molecule has 0 aliphatic rings. The first kappa shape index (κ1) is 31.0. The van der Waals surface area contributed by atoms with Crippen molar-refractivity contribution in [2.75, 3.05) is 23.3 Å². The molecule has 0 heterocycles. The van der Waals surface area contributed by atoms with Gasteiger partial charge in [0.05, 0.1) is 33.9 Å². The fourth-order valence-corrected chi connectivity index (χ4v) is 5.83. The Kier molecular flexibility index (Phi) is 9.63. The molecule has 2 N–H and O–H groups in total. The van der Waals surface area contributed by atoms with Crippen LogP contribution >= 0.6 is 11.6 Å². The highest BCUT2D eigenvalue weighted by atomic mass is 35.5. The minimum Gasteiger partial charge on any atom is -0.495 e. The van der Waals surface area contributed by atoms with E-state index < -0.39 is 43.9 Å². The van der Waals surface area contributed by atoms with E-state index in [-0.39, 0.29) is 39.8 Å². The number of anilines is 2. The standard InChI is InChI=1S/C30H27ClN4O7S/c1-20-12-14-23(17-26(20)35(38)39)43(40,41)34(27-16-22(31)13-15-28(27)42-2)19-29(36)33-25-11-7-6-10-24(25)30(37)32-18-21-8-4-3-5-9-21/h3-17H,18-19H2,1-2H3,(H,32,37)(H,33,36). The van der Waals surface area contributed by atoms with Crippen LogP contribution < -0.4 is 19.7 Å². The van der Waals surface area contributed by atoms with E-state index in [1.807, 2.05) is 30.3 Å². The average molecular weight is 623 g/mol. The van der Waals surface area contributed by atoms with Gasteiger partial charge in [0.25, 0.3) is 21.6 Å². The third kappa shape index (κ3) is 7.29. The molecule has 0 saturated heterocycles. The van der Waals surface area contributed by atoms with Gasteiger partial charge in [-0.05, 0) is 48.9 Å². The Morgan fingerprint density at radius 2 is 1.67 bits per heavy atom. The predicted octanol–water partition coefficient (Wildman–Crippen LogP) is 5.33. The summed E-state index contributed by atoms with van der Waals surface area (Å²) < 4.78 is 34.0. The monoisotopic (exact) mass is 622 g/mol. The Labute approximate surface area is 253 Å². The topological polar surface area (TPSA) is 148 Å². The number of nitro groups is 1. The van der Waals surface area contributed by atoms with Crippen LogP contribution in [-0.4, -0.2) is 38.8 Å². The van der Waals surface area contributed by atoms with E-state index in [4.69, 9.17) is 16.3 Å². The third-order valence-corrected chi connectivity index (χ3v) is 8.39. The maximum atomic E-state index is 13.9. The van der Waals surface area contributed by atoms with Crippen molar-refractivity contribution in [1.82, 2.24) is 5.32 Å². The lowest BCUT2D eigenvalue weighted by atomic mass is 10.1. The fraction of sp³-hybridized carbons (Fsp3) is 0.133. The predicted molar refractivity (Wildman–Crippen MR) is 163 cm³/mol. The van der Waals surface area contributed by atoms with E-state index in [0.29, 0.717) is 0 Å². The number of carbonyl (C=O) groups is 2. The maximum Gasteiger partial charge on any atom is 0.273 e. The van der Waals surface area contributed by atoms with Crippen LogP contribution in [0.1, 0.15) is 21.5 Å². The van der Waals surface area contributed by atoms with Crippen LogP contribution in [0.2, 0.25) is 5.02 Å². The zero-order valence-electron chi connectivity index (χ0n) is 23.1. The van der Waals surface area contributed by atoms with Crippen LogP contribution in [0.15, 0.2) is 95.9 Å². The molecule has 43 heavy (non-hydrogen) atoms. The quantitative estimate of drug-likeness (QED) is 0.170. The van der Waals surface area contributed by atoms with Crippen LogP contribution in [0.4, 0.5) is 17.1 Å². The summed E-state index contributed by atoms with van der Waals surface area (Å²) in [5.74, 6) is -1.16. The van der Waals surface area contributed by atoms with Gasteiger partial charge >= 0.3 is 0 Å². The molecule has 13 heteroatoms. The molecule has 0 aliphatic carbocycles. The van der Waals surface area contributed by atoms with Crippen LogP contribution in [-0.2, 0) is 21.4 Å². The van der Waals surface area contributed by atoms with Gasteiger partial charge in [-0.3, -0.25) is 24.0 Å². The molecular weight excluding hydrogens is 596 g/mol. The second-order valence-corrected chi connectivity index (χ2v) is 11.6. The molecule has 0 fully saturated rings. The summed E-state index contributed by atoms with van der Waals surface area (Å²) in [5.41, 5.74) is 0.983. The van der Waals surface area contributed by atoms with Crippen LogP contribution in [0, 0.1) is 17.0 Å². The number of rotatable bonds is 11. The minimum atomic E-state index is -4.58. The zero-order valence-corrected chi connectivity index (χ0v) is 24.7. The zero-order chi connectivity index (χ0) is 31.1. The Bertz CT molecular complexity index is 1780. The summed E-state index contributed by atoms with van der Waals surface area (Å²) in [6.45, 7) is 0.957. The molecule has 0 aromatic heterocycles. The Morgan fingerprint density at radius 3 is 2.37 bits per heavy atom. The summed E-state index contributed by atoms with van der Waals surface area (Å²) in [7, 11) is -3.26. The Morgan fingerprint density at radius 1 is 0.977 bits per heavy atom. The van der Waals surface area contributed by atoms with Crippen molar-refractivity contribution >= 4 is 50.5 Å². The number of halogens is 1. The molecule has 0 saturated carbocycles. The summed E-state index contributed by atoms with van der Waals surface area (Å²) in [6, 6.07) is 23.2.